The maximum Gasteiger partial charge on any atom is 0.255 e. The van der Waals surface area contributed by atoms with Crippen LogP contribution >= 0.6 is 0 Å². The summed E-state index contributed by atoms with van der Waals surface area (Å²) >= 11 is 0. The van der Waals surface area contributed by atoms with Gasteiger partial charge in [0.05, 0.1) is 10.6 Å². The first-order chi connectivity index (χ1) is 16.9. The number of carbonyl (C=O) groups excluding carboxylic acids is 1. The molecule has 2 aromatic carbocycles. The van der Waals surface area contributed by atoms with Crippen molar-refractivity contribution < 1.29 is 13.2 Å². The van der Waals surface area contributed by atoms with E-state index < -0.39 is 10.0 Å². The smallest absolute Gasteiger partial charge is 0.255 e. The number of aromatic nitrogens is 1. The molecule has 0 unspecified atom stereocenters. The molecule has 0 radical (unpaired) electrons. The molecular formula is C27H32N4O3S. The first-order valence-electron chi connectivity index (χ1n) is 12.5. The fourth-order valence-corrected chi connectivity index (χ4v) is 6.69. The zero-order valence-electron chi connectivity index (χ0n) is 20.2. The maximum atomic E-state index is 13.4. The van der Waals surface area contributed by atoms with Gasteiger partial charge in [0, 0.05) is 60.6 Å². The highest BCUT2D eigenvalue weighted by Gasteiger charge is 2.27. The SMILES string of the molecule is Cc1ccc(S(=O)(=O)N2CCCCC2)cc1C(=O)Nc1ccc(N2CCCCC2)c2ccncc12. The number of nitrogens with zero attached hydrogens (tertiary/aromatic N) is 3. The van der Waals surface area contributed by atoms with E-state index in [1.165, 1.54) is 29.6 Å². The predicted octanol–water partition coefficient (Wildman–Crippen LogP) is 4.96. The Bertz CT molecular complexity index is 1340. The summed E-state index contributed by atoms with van der Waals surface area (Å²) in [6.07, 6.45) is 9.97. The molecule has 2 aliphatic heterocycles. The van der Waals surface area contributed by atoms with Crippen molar-refractivity contribution in [2.45, 2.75) is 50.3 Å². The highest BCUT2D eigenvalue weighted by atomic mass is 32.2. The Labute approximate surface area is 207 Å². The van der Waals surface area contributed by atoms with Gasteiger partial charge in [0.15, 0.2) is 0 Å². The van der Waals surface area contributed by atoms with Crippen LogP contribution in [-0.4, -0.2) is 49.8 Å². The van der Waals surface area contributed by atoms with Gasteiger partial charge in [-0.2, -0.15) is 4.31 Å². The fourth-order valence-electron chi connectivity index (χ4n) is 5.14. The minimum absolute atomic E-state index is 0.169. The molecule has 0 aliphatic carbocycles. The zero-order valence-corrected chi connectivity index (χ0v) is 21.0. The molecular weight excluding hydrogens is 460 g/mol. The number of hydrogen-bond acceptors (Lipinski definition) is 5. The molecule has 35 heavy (non-hydrogen) atoms. The summed E-state index contributed by atoms with van der Waals surface area (Å²) in [5, 5.41) is 4.95. The molecule has 1 amide bonds. The number of carbonyl (C=O) groups is 1. The van der Waals surface area contributed by atoms with Crippen molar-refractivity contribution in [3.8, 4) is 0 Å². The number of sulfonamides is 1. The molecule has 1 N–H and O–H groups in total. The van der Waals surface area contributed by atoms with Gasteiger partial charge in [0.25, 0.3) is 5.91 Å². The second-order valence-electron chi connectivity index (χ2n) is 9.50. The average molecular weight is 493 g/mol. The number of aryl methyl sites for hydroxylation is 1. The number of rotatable bonds is 5. The number of pyridine rings is 1. The minimum atomic E-state index is -3.62. The molecule has 0 bridgehead atoms. The van der Waals surface area contributed by atoms with Crippen molar-refractivity contribution in [1.29, 1.82) is 0 Å². The second kappa shape index (κ2) is 9.95. The second-order valence-corrected chi connectivity index (χ2v) is 11.4. The van der Waals surface area contributed by atoms with E-state index in [1.807, 2.05) is 19.1 Å². The molecule has 3 heterocycles. The average Bonchev–Trinajstić information content (AvgIpc) is 2.90. The van der Waals surface area contributed by atoms with Gasteiger partial charge in [0.2, 0.25) is 10.0 Å². The van der Waals surface area contributed by atoms with Crippen molar-refractivity contribution >= 4 is 38.1 Å². The molecule has 0 saturated carbocycles. The molecule has 8 heteroatoms. The van der Waals surface area contributed by atoms with Crippen molar-refractivity contribution in [2.75, 3.05) is 36.4 Å². The topological polar surface area (TPSA) is 82.6 Å². The molecule has 0 spiro atoms. The predicted molar refractivity (Wildman–Crippen MR) is 140 cm³/mol. The summed E-state index contributed by atoms with van der Waals surface area (Å²) in [6, 6.07) is 10.8. The molecule has 3 aromatic rings. The zero-order chi connectivity index (χ0) is 24.4. The lowest BCUT2D eigenvalue weighted by molar-refractivity contribution is 0.102. The van der Waals surface area contributed by atoms with E-state index in [9.17, 15) is 13.2 Å². The summed E-state index contributed by atoms with van der Waals surface area (Å²) in [6.45, 7) is 4.94. The van der Waals surface area contributed by atoms with Crippen LogP contribution in [0.4, 0.5) is 11.4 Å². The van der Waals surface area contributed by atoms with E-state index >= 15 is 0 Å². The van der Waals surface area contributed by atoms with E-state index in [0.717, 1.165) is 54.4 Å². The number of anilines is 2. The monoisotopic (exact) mass is 492 g/mol. The molecule has 7 nitrogen and oxygen atoms in total. The van der Waals surface area contributed by atoms with Gasteiger partial charge in [-0.3, -0.25) is 9.78 Å². The van der Waals surface area contributed by atoms with Crippen molar-refractivity contribution in [3.05, 3.63) is 59.9 Å². The van der Waals surface area contributed by atoms with Crippen LogP contribution in [0.15, 0.2) is 53.7 Å². The summed E-state index contributed by atoms with van der Waals surface area (Å²) in [7, 11) is -3.62. The first kappa shape index (κ1) is 23.8. The largest absolute Gasteiger partial charge is 0.371 e. The lowest BCUT2D eigenvalue weighted by Crippen LogP contribution is -2.35. The Kier molecular flexibility index (Phi) is 6.75. The lowest BCUT2D eigenvalue weighted by Gasteiger charge is -2.30. The quantitative estimate of drug-likeness (QED) is 0.544. The lowest BCUT2D eigenvalue weighted by atomic mass is 10.0. The van der Waals surface area contributed by atoms with Gasteiger partial charge in [-0.15, -0.1) is 0 Å². The first-order valence-corrected chi connectivity index (χ1v) is 13.9. The molecule has 1 aromatic heterocycles. The van der Waals surface area contributed by atoms with Gasteiger partial charge < -0.3 is 10.2 Å². The van der Waals surface area contributed by atoms with Crippen LogP contribution in [0.3, 0.4) is 0 Å². The van der Waals surface area contributed by atoms with Crippen molar-refractivity contribution in [1.82, 2.24) is 9.29 Å². The number of nitrogens with one attached hydrogen (secondary N) is 1. The number of amides is 1. The number of benzene rings is 2. The Balaban J connectivity index is 1.45. The molecule has 5 rings (SSSR count). The summed E-state index contributed by atoms with van der Waals surface area (Å²) in [5.41, 5.74) is 2.92. The summed E-state index contributed by atoms with van der Waals surface area (Å²) in [4.78, 5) is 20.2. The van der Waals surface area contributed by atoms with Crippen molar-refractivity contribution in [3.63, 3.8) is 0 Å². The Morgan fingerprint density at radius 3 is 2.34 bits per heavy atom. The van der Waals surface area contributed by atoms with Gasteiger partial charge in [-0.05, 0) is 74.9 Å². The van der Waals surface area contributed by atoms with E-state index in [2.05, 4.69) is 21.3 Å². The van der Waals surface area contributed by atoms with Crippen LogP contribution in [0.25, 0.3) is 10.8 Å². The Morgan fingerprint density at radius 2 is 1.60 bits per heavy atom. The molecule has 2 aliphatic rings. The third-order valence-electron chi connectivity index (χ3n) is 7.15. The number of hydrogen-bond donors (Lipinski definition) is 1. The van der Waals surface area contributed by atoms with E-state index in [1.54, 1.807) is 24.5 Å². The molecule has 0 atom stereocenters. The summed E-state index contributed by atoms with van der Waals surface area (Å²) in [5.74, 6) is -0.325. The Hall–Kier alpha value is -2.97. The van der Waals surface area contributed by atoms with Crippen molar-refractivity contribution in [2.24, 2.45) is 0 Å². The number of fused-ring (bicyclic) bond motifs is 1. The standard InChI is InChI=1S/C27H32N4O3S/c1-20-8-9-21(35(33,34)31-16-6-3-7-17-31)18-23(20)27(32)29-25-10-11-26(30-14-4-2-5-15-30)22-12-13-28-19-24(22)25/h8-13,18-19H,2-7,14-17H2,1H3,(H,29,32). The van der Waals surface area contributed by atoms with Crippen LogP contribution in [0, 0.1) is 6.92 Å². The van der Waals surface area contributed by atoms with Gasteiger partial charge in [0.1, 0.15) is 0 Å². The highest BCUT2D eigenvalue weighted by Crippen LogP contribution is 2.34. The number of piperidine rings is 2. The van der Waals surface area contributed by atoms with Crippen LogP contribution in [-0.2, 0) is 10.0 Å². The summed E-state index contributed by atoms with van der Waals surface area (Å²) < 4.78 is 27.9. The van der Waals surface area contributed by atoms with Crippen LogP contribution in [0.1, 0.15) is 54.4 Å². The van der Waals surface area contributed by atoms with Gasteiger partial charge in [-0.1, -0.05) is 12.5 Å². The Morgan fingerprint density at radius 1 is 0.886 bits per heavy atom. The van der Waals surface area contributed by atoms with Crippen LogP contribution in [0.2, 0.25) is 0 Å². The molecule has 2 fully saturated rings. The van der Waals surface area contributed by atoms with Crippen LogP contribution < -0.4 is 10.2 Å². The maximum absolute atomic E-state index is 13.4. The minimum Gasteiger partial charge on any atom is -0.371 e. The normalized spacial score (nSPS) is 17.5. The van der Waals surface area contributed by atoms with Gasteiger partial charge >= 0.3 is 0 Å². The fraction of sp³-hybridized carbons (Fsp3) is 0.407. The highest BCUT2D eigenvalue weighted by molar-refractivity contribution is 7.89. The van der Waals surface area contributed by atoms with E-state index in [4.69, 9.17) is 0 Å². The third-order valence-corrected chi connectivity index (χ3v) is 9.04. The third kappa shape index (κ3) is 4.77. The van der Waals surface area contributed by atoms with E-state index in [0.29, 0.717) is 24.3 Å². The van der Waals surface area contributed by atoms with Crippen LogP contribution in [0.5, 0.6) is 0 Å². The molecule has 184 valence electrons. The van der Waals surface area contributed by atoms with Gasteiger partial charge in [-0.25, -0.2) is 8.42 Å². The van der Waals surface area contributed by atoms with E-state index in [-0.39, 0.29) is 10.8 Å². The molecule has 2 saturated heterocycles.